The van der Waals surface area contributed by atoms with Crippen LogP contribution in [0.2, 0.25) is 0 Å². The number of hydrogen-bond donors (Lipinski definition) is 2. The van der Waals surface area contributed by atoms with Gasteiger partial charge in [0.2, 0.25) is 0 Å². The summed E-state index contributed by atoms with van der Waals surface area (Å²) in [7, 11) is 0. The van der Waals surface area contributed by atoms with Crippen LogP contribution in [0.1, 0.15) is 45.2 Å². The fourth-order valence-electron chi connectivity index (χ4n) is 2.74. The van der Waals surface area contributed by atoms with E-state index in [-0.39, 0.29) is 11.6 Å². The molecule has 0 fully saturated rings. The number of carboxylic acids is 1. The first-order valence-corrected chi connectivity index (χ1v) is 7.56. The van der Waals surface area contributed by atoms with Crippen molar-refractivity contribution in [3.05, 3.63) is 45.3 Å². The second-order valence-electron chi connectivity index (χ2n) is 5.04. The van der Waals surface area contributed by atoms with Crippen molar-refractivity contribution in [3.8, 4) is 0 Å². The Morgan fingerprint density at radius 1 is 1.50 bits per heavy atom. The number of thiophene rings is 1. The smallest absolute Gasteiger partial charge is 0.339 e. The zero-order valence-corrected chi connectivity index (χ0v) is 12.0. The van der Waals surface area contributed by atoms with Crippen molar-refractivity contribution in [3.63, 3.8) is 0 Å². The average molecular weight is 288 g/mol. The number of carbonyl (C=O) groups is 1. The fraction of sp³-hybridized carbons (Fsp3) is 0.333. The molecule has 104 valence electrons. The Kier molecular flexibility index (Phi) is 3.44. The van der Waals surface area contributed by atoms with Crippen molar-refractivity contribution >= 4 is 23.1 Å². The molecule has 0 aromatic carbocycles. The molecule has 1 atom stereocenters. The van der Waals surface area contributed by atoms with Gasteiger partial charge in [0, 0.05) is 11.1 Å². The number of nitrogens with one attached hydrogen (secondary N) is 1. The van der Waals surface area contributed by atoms with Gasteiger partial charge in [0.05, 0.1) is 6.04 Å². The molecule has 5 heteroatoms. The Bertz CT molecular complexity index is 651. The number of aromatic nitrogens is 1. The highest BCUT2D eigenvalue weighted by atomic mass is 32.1. The molecular weight excluding hydrogens is 272 g/mol. The predicted octanol–water partition coefficient (Wildman–Crippen LogP) is 3.64. The molecule has 1 aliphatic rings. The second-order valence-corrected chi connectivity index (χ2v) is 6.05. The SMILES string of the molecule is Cc1ccnc(NC2CCCc3sccc32)c1C(=O)O. The summed E-state index contributed by atoms with van der Waals surface area (Å²) in [4.78, 5) is 17.0. The van der Waals surface area contributed by atoms with Crippen LogP contribution >= 0.6 is 11.3 Å². The molecule has 4 nitrogen and oxygen atoms in total. The molecule has 0 spiro atoms. The van der Waals surface area contributed by atoms with E-state index in [0.29, 0.717) is 5.82 Å². The van der Waals surface area contributed by atoms with Crippen LogP contribution < -0.4 is 5.32 Å². The van der Waals surface area contributed by atoms with Crippen molar-refractivity contribution in [2.75, 3.05) is 5.32 Å². The van der Waals surface area contributed by atoms with Crippen molar-refractivity contribution in [1.29, 1.82) is 0 Å². The number of pyridine rings is 1. The van der Waals surface area contributed by atoms with E-state index in [0.717, 1.165) is 24.8 Å². The standard InChI is InChI=1S/C15H16N2O2S/c1-9-5-7-16-14(13(9)15(18)19)17-11-3-2-4-12-10(11)6-8-20-12/h5-8,11H,2-4H2,1H3,(H,16,17)(H,18,19). The van der Waals surface area contributed by atoms with Crippen molar-refractivity contribution in [2.24, 2.45) is 0 Å². The van der Waals surface area contributed by atoms with Crippen LogP contribution in [0.25, 0.3) is 0 Å². The number of fused-ring (bicyclic) bond motifs is 1. The third-order valence-corrected chi connectivity index (χ3v) is 4.73. The third kappa shape index (κ3) is 2.29. The minimum absolute atomic E-state index is 0.164. The molecule has 0 radical (unpaired) electrons. The molecule has 0 aliphatic heterocycles. The van der Waals surface area contributed by atoms with Gasteiger partial charge in [-0.2, -0.15) is 0 Å². The molecule has 2 aromatic heterocycles. The fourth-order valence-corrected chi connectivity index (χ4v) is 3.73. The van der Waals surface area contributed by atoms with Crippen LogP contribution in [0.15, 0.2) is 23.7 Å². The summed E-state index contributed by atoms with van der Waals surface area (Å²) in [6.45, 7) is 1.80. The van der Waals surface area contributed by atoms with Crippen LogP contribution in [0, 0.1) is 6.92 Å². The van der Waals surface area contributed by atoms with Crippen LogP contribution in [-0.4, -0.2) is 16.1 Å². The second kappa shape index (κ2) is 5.25. The Morgan fingerprint density at radius 2 is 2.35 bits per heavy atom. The number of aryl methyl sites for hydroxylation is 2. The molecule has 0 bridgehead atoms. The summed E-state index contributed by atoms with van der Waals surface area (Å²) < 4.78 is 0. The van der Waals surface area contributed by atoms with Gasteiger partial charge in [-0.25, -0.2) is 9.78 Å². The van der Waals surface area contributed by atoms with E-state index in [1.165, 1.54) is 10.4 Å². The van der Waals surface area contributed by atoms with E-state index in [1.807, 2.05) is 0 Å². The Balaban J connectivity index is 1.94. The zero-order valence-electron chi connectivity index (χ0n) is 11.2. The number of rotatable bonds is 3. The maximum absolute atomic E-state index is 11.4. The van der Waals surface area contributed by atoms with Gasteiger partial charge in [0.25, 0.3) is 0 Å². The first-order valence-electron chi connectivity index (χ1n) is 6.68. The summed E-state index contributed by atoms with van der Waals surface area (Å²) in [6, 6.07) is 4.02. The number of hydrogen-bond acceptors (Lipinski definition) is 4. The van der Waals surface area contributed by atoms with Crippen LogP contribution in [0.4, 0.5) is 5.82 Å². The minimum atomic E-state index is -0.931. The van der Waals surface area contributed by atoms with E-state index in [9.17, 15) is 9.90 Å². The van der Waals surface area contributed by atoms with Crippen molar-refractivity contribution in [2.45, 2.75) is 32.2 Å². The molecule has 0 amide bonds. The van der Waals surface area contributed by atoms with Gasteiger partial charge in [-0.05, 0) is 54.8 Å². The predicted molar refractivity (Wildman–Crippen MR) is 79.6 cm³/mol. The Labute approximate surface area is 121 Å². The number of anilines is 1. The van der Waals surface area contributed by atoms with Gasteiger partial charge in [-0.3, -0.25) is 0 Å². The van der Waals surface area contributed by atoms with E-state index in [2.05, 4.69) is 21.7 Å². The number of nitrogens with zero attached hydrogens (tertiary/aromatic N) is 1. The lowest BCUT2D eigenvalue weighted by atomic mass is 9.94. The molecular formula is C15H16N2O2S. The highest BCUT2D eigenvalue weighted by molar-refractivity contribution is 7.10. The maximum Gasteiger partial charge on any atom is 0.339 e. The molecule has 0 saturated heterocycles. The summed E-state index contributed by atoms with van der Waals surface area (Å²) in [6.07, 6.45) is 4.91. The van der Waals surface area contributed by atoms with Gasteiger partial charge >= 0.3 is 5.97 Å². The molecule has 2 N–H and O–H groups in total. The van der Waals surface area contributed by atoms with Gasteiger partial charge in [-0.15, -0.1) is 11.3 Å². The quantitative estimate of drug-likeness (QED) is 0.905. The van der Waals surface area contributed by atoms with Crippen molar-refractivity contribution in [1.82, 2.24) is 4.98 Å². The molecule has 20 heavy (non-hydrogen) atoms. The lowest BCUT2D eigenvalue weighted by Crippen LogP contribution is -2.18. The lowest BCUT2D eigenvalue weighted by molar-refractivity contribution is 0.0696. The zero-order chi connectivity index (χ0) is 14.1. The first kappa shape index (κ1) is 13.1. The van der Waals surface area contributed by atoms with E-state index in [4.69, 9.17) is 0 Å². The highest BCUT2D eigenvalue weighted by Crippen LogP contribution is 2.35. The number of carboxylic acid groups (broad SMARTS) is 1. The largest absolute Gasteiger partial charge is 0.478 e. The van der Waals surface area contributed by atoms with E-state index in [1.54, 1.807) is 30.5 Å². The van der Waals surface area contributed by atoms with Crippen LogP contribution in [0.5, 0.6) is 0 Å². The summed E-state index contributed by atoms with van der Waals surface area (Å²) >= 11 is 1.78. The molecule has 3 rings (SSSR count). The third-order valence-electron chi connectivity index (χ3n) is 3.74. The summed E-state index contributed by atoms with van der Waals surface area (Å²) in [5.74, 6) is -0.457. The normalized spacial score (nSPS) is 17.6. The van der Waals surface area contributed by atoms with E-state index < -0.39 is 5.97 Å². The summed E-state index contributed by atoms with van der Waals surface area (Å²) in [5.41, 5.74) is 2.30. The monoisotopic (exact) mass is 288 g/mol. The Morgan fingerprint density at radius 3 is 3.15 bits per heavy atom. The van der Waals surface area contributed by atoms with E-state index >= 15 is 0 Å². The summed E-state index contributed by atoms with van der Waals surface area (Å²) in [5, 5.41) is 14.8. The Hall–Kier alpha value is -1.88. The maximum atomic E-state index is 11.4. The molecule has 1 unspecified atom stereocenters. The molecule has 0 saturated carbocycles. The highest BCUT2D eigenvalue weighted by Gasteiger charge is 2.23. The van der Waals surface area contributed by atoms with Crippen molar-refractivity contribution < 1.29 is 9.90 Å². The van der Waals surface area contributed by atoms with Crippen LogP contribution in [-0.2, 0) is 6.42 Å². The first-order chi connectivity index (χ1) is 9.66. The topological polar surface area (TPSA) is 62.2 Å². The minimum Gasteiger partial charge on any atom is -0.478 e. The van der Waals surface area contributed by atoms with Crippen LogP contribution in [0.3, 0.4) is 0 Å². The van der Waals surface area contributed by atoms with Gasteiger partial charge in [-0.1, -0.05) is 0 Å². The lowest BCUT2D eigenvalue weighted by Gasteiger charge is -2.25. The van der Waals surface area contributed by atoms with Gasteiger partial charge in [0.1, 0.15) is 11.4 Å². The average Bonchev–Trinajstić information content (AvgIpc) is 2.87. The van der Waals surface area contributed by atoms with Gasteiger partial charge < -0.3 is 10.4 Å². The number of aromatic carboxylic acids is 1. The molecule has 1 aliphatic carbocycles. The van der Waals surface area contributed by atoms with Gasteiger partial charge in [0.15, 0.2) is 0 Å². The molecule has 2 heterocycles. The molecule has 2 aromatic rings.